The van der Waals surface area contributed by atoms with Gasteiger partial charge in [-0.25, -0.2) is 9.36 Å². The molecule has 4 rings (SSSR count). The molecule has 252 valence electrons. The second-order valence-corrected chi connectivity index (χ2v) is 13.6. The van der Waals surface area contributed by atoms with Gasteiger partial charge >= 0.3 is 19.4 Å². The first-order chi connectivity index (χ1) is 22.2. The number of halogens is 1. The van der Waals surface area contributed by atoms with Crippen molar-refractivity contribution in [3.63, 3.8) is 0 Å². The zero-order chi connectivity index (χ0) is 34.5. The van der Waals surface area contributed by atoms with Crippen LogP contribution in [0.1, 0.15) is 56.5 Å². The van der Waals surface area contributed by atoms with Crippen molar-refractivity contribution in [1.82, 2.24) is 14.6 Å². The number of rotatable bonds is 13. The van der Waals surface area contributed by atoms with Crippen LogP contribution in [0.25, 0.3) is 10.4 Å². The number of carbonyl (C=O) groups is 1. The molecule has 0 bridgehead atoms. The molecule has 3 N–H and O–H groups in total. The molecular formula is C30H36ClN6O9P. The summed E-state index contributed by atoms with van der Waals surface area (Å²) < 4.78 is 38.6. The number of hydrogen-bond donors (Lipinski definition) is 3. The highest BCUT2D eigenvalue weighted by atomic mass is 35.5. The van der Waals surface area contributed by atoms with Crippen LogP contribution in [0.5, 0.6) is 5.75 Å². The number of aromatic nitrogens is 2. The van der Waals surface area contributed by atoms with Crippen molar-refractivity contribution in [3.8, 4) is 5.75 Å². The van der Waals surface area contributed by atoms with E-state index in [2.05, 4.69) is 20.1 Å². The molecular weight excluding hydrogens is 655 g/mol. The number of aliphatic hydroxyl groups is 1. The Balaban J connectivity index is 1.66. The molecule has 47 heavy (non-hydrogen) atoms. The largest absolute Gasteiger partial charge is 0.460 e. The molecule has 2 heterocycles. The normalized spacial score (nSPS) is 22.7. The van der Waals surface area contributed by atoms with Gasteiger partial charge < -0.3 is 19.1 Å². The van der Waals surface area contributed by atoms with E-state index in [4.69, 9.17) is 30.1 Å². The lowest BCUT2D eigenvalue weighted by Crippen LogP contribution is -2.44. The van der Waals surface area contributed by atoms with Gasteiger partial charge in [0.05, 0.1) is 12.7 Å². The lowest BCUT2D eigenvalue weighted by atomic mass is 9.98. The van der Waals surface area contributed by atoms with Crippen molar-refractivity contribution in [2.24, 2.45) is 11.0 Å². The first kappa shape index (κ1) is 35.9. The third kappa shape index (κ3) is 8.32. The quantitative estimate of drug-likeness (QED) is 0.0712. The Labute approximate surface area is 275 Å². The van der Waals surface area contributed by atoms with E-state index >= 15 is 0 Å². The van der Waals surface area contributed by atoms with Crippen LogP contribution in [-0.4, -0.2) is 45.1 Å². The Morgan fingerprint density at radius 2 is 1.96 bits per heavy atom. The predicted molar refractivity (Wildman–Crippen MR) is 172 cm³/mol. The molecule has 1 saturated heterocycles. The number of azide groups is 1. The number of hydrogen-bond acceptors (Lipinski definition) is 10. The number of carbonyl (C=O) groups excluding carboxylic acids is 1. The van der Waals surface area contributed by atoms with Gasteiger partial charge in [0, 0.05) is 28.1 Å². The molecule has 0 saturated carbocycles. The van der Waals surface area contributed by atoms with E-state index in [-0.39, 0.29) is 18.3 Å². The van der Waals surface area contributed by atoms with Gasteiger partial charge in [0.25, 0.3) is 5.56 Å². The van der Waals surface area contributed by atoms with Gasteiger partial charge in [0.1, 0.15) is 24.6 Å². The van der Waals surface area contributed by atoms with Gasteiger partial charge in [-0.15, -0.1) is 0 Å². The minimum Gasteiger partial charge on any atom is -0.460 e. The summed E-state index contributed by atoms with van der Waals surface area (Å²) in [6.45, 7) is 7.49. The van der Waals surface area contributed by atoms with Crippen molar-refractivity contribution in [3.05, 3.63) is 108 Å². The van der Waals surface area contributed by atoms with E-state index < -0.39 is 61.6 Å². The maximum atomic E-state index is 14.5. The van der Waals surface area contributed by atoms with E-state index in [0.717, 1.165) is 22.4 Å². The fraction of sp³-hybridized carbons (Fsp3) is 0.433. The molecule has 3 aromatic rings. The summed E-state index contributed by atoms with van der Waals surface area (Å²) in [7, 11) is -4.61. The minimum atomic E-state index is -4.61. The molecule has 1 aliphatic heterocycles. The van der Waals surface area contributed by atoms with Gasteiger partial charge in [-0.2, -0.15) is 5.09 Å². The molecule has 1 fully saturated rings. The number of esters is 1. The lowest BCUT2D eigenvalue weighted by Gasteiger charge is -2.30. The first-order valence-corrected chi connectivity index (χ1v) is 16.6. The first-order valence-electron chi connectivity index (χ1n) is 14.6. The summed E-state index contributed by atoms with van der Waals surface area (Å²) in [5, 5.41) is 17.9. The fourth-order valence-corrected chi connectivity index (χ4v) is 6.64. The Bertz CT molecular complexity index is 1810. The smallest absolute Gasteiger partial charge is 0.459 e. The summed E-state index contributed by atoms with van der Waals surface area (Å²) in [6.07, 6.45) is -1.65. The fourth-order valence-electron chi connectivity index (χ4n) is 4.94. The average Bonchev–Trinajstić information content (AvgIpc) is 3.26. The molecule has 1 aliphatic rings. The van der Waals surface area contributed by atoms with Crippen molar-refractivity contribution in [2.75, 3.05) is 6.61 Å². The van der Waals surface area contributed by atoms with E-state index in [9.17, 15) is 29.6 Å². The van der Waals surface area contributed by atoms with Gasteiger partial charge in [-0.3, -0.25) is 23.7 Å². The minimum absolute atomic E-state index is 0.0466. The zero-order valence-corrected chi connectivity index (χ0v) is 28.0. The topological polar surface area (TPSA) is 207 Å². The molecule has 0 radical (unpaired) electrons. The van der Waals surface area contributed by atoms with Gasteiger partial charge in [0.2, 0.25) is 0 Å². The highest BCUT2D eigenvalue weighted by molar-refractivity contribution is 7.52. The van der Waals surface area contributed by atoms with E-state index in [1.165, 1.54) is 13.8 Å². The second-order valence-electron chi connectivity index (χ2n) is 11.5. The van der Waals surface area contributed by atoms with Crippen molar-refractivity contribution >= 4 is 25.3 Å². The molecule has 15 nitrogen and oxygen atoms in total. The third-order valence-corrected chi connectivity index (χ3v) is 9.59. The molecule has 6 atom stereocenters. The average molecular weight is 691 g/mol. The Morgan fingerprint density at radius 3 is 2.60 bits per heavy atom. The Morgan fingerprint density at radius 1 is 1.26 bits per heavy atom. The van der Waals surface area contributed by atoms with Crippen molar-refractivity contribution < 1.29 is 33.0 Å². The highest BCUT2D eigenvalue weighted by Gasteiger charge is 2.55. The summed E-state index contributed by atoms with van der Waals surface area (Å²) in [5.41, 5.74) is 7.65. The molecule has 1 aromatic heterocycles. The molecule has 2 aromatic carbocycles. The molecule has 1 unspecified atom stereocenters. The van der Waals surface area contributed by atoms with E-state index in [1.54, 1.807) is 43.3 Å². The van der Waals surface area contributed by atoms with E-state index in [0.29, 0.717) is 16.1 Å². The van der Waals surface area contributed by atoms with Crippen molar-refractivity contribution in [1.29, 1.82) is 0 Å². The van der Waals surface area contributed by atoms with E-state index in [1.807, 2.05) is 19.9 Å². The third-order valence-electron chi connectivity index (χ3n) is 7.58. The lowest BCUT2D eigenvalue weighted by molar-refractivity contribution is -0.146. The van der Waals surface area contributed by atoms with Gasteiger partial charge in [-0.1, -0.05) is 67.8 Å². The number of benzene rings is 2. The van der Waals surface area contributed by atoms with Gasteiger partial charge in [0.15, 0.2) is 5.72 Å². The predicted octanol–water partition coefficient (Wildman–Crippen LogP) is 5.08. The maximum absolute atomic E-state index is 14.5. The maximum Gasteiger partial charge on any atom is 0.459 e. The monoisotopic (exact) mass is 690 g/mol. The summed E-state index contributed by atoms with van der Waals surface area (Å²) in [5.74, 6) is -1.67. The highest BCUT2D eigenvalue weighted by Crippen LogP contribution is 2.51. The van der Waals surface area contributed by atoms with Crippen LogP contribution in [0.15, 0.2) is 69.4 Å². The van der Waals surface area contributed by atoms with Crippen LogP contribution in [0.3, 0.4) is 0 Å². The van der Waals surface area contributed by atoms with Crippen LogP contribution in [0.2, 0.25) is 5.02 Å². The standard InChI is InChI=1S/C30H36ClN6O9P/c1-17(2)22-14-23(31)18(3)13-24(22)46-47(42,34-20(5)28(40)43-15-21-9-7-6-8-10-21)44-16-30(35-36-32)26(39)19(4)27(45-30)37-12-11-25(38)33-29(37)41/h6-14,17,19-20,26-27,39H,15-16H2,1-5H3,(H,34,42)(H,33,38,41)/t19-,20-,26-,27+,30+,47?/m0/s1. The summed E-state index contributed by atoms with van der Waals surface area (Å²) in [4.78, 5) is 42.0. The number of nitrogens with zero attached hydrogens (tertiary/aromatic N) is 4. The molecule has 0 aliphatic carbocycles. The van der Waals surface area contributed by atoms with Crippen LogP contribution in [-0.2, 0) is 30.0 Å². The number of ether oxygens (including phenoxy) is 2. The molecule has 0 amide bonds. The number of H-pyrrole nitrogens is 1. The molecule has 0 spiro atoms. The summed E-state index contributed by atoms with van der Waals surface area (Å²) in [6, 6.07) is 12.0. The number of aryl methyl sites for hydroxylation is 1. The van der Waals surface area contributed by atoms with Gasteiger partial charge in [-0.05, 0) is 54.1 Å². The number of aliphatic hydroxyl groups excluding tert-OH is 1. The number of aromatic amines is 1. The number of nitrogens with one attached hydrogen (secondary N) is 2. The van der Waals surface area contributed by atoms with Crippen LogP contribution >= 0.6 is 19.3 Å². The second kappa shape index (κ2) is 14.9. The zero-order valence-electron chi connectivity index (χ0n) is 26.3. The van der Waals surface area contributed by atoms with Crippen LogP contribution in [0.4, 0.5) is 0 Å². The Kier molecular flexibility index (Phi) is 11.4. The van der Waals surface area contributed by atoms with Crippen molar-refractivity contribution in [2.45, 2.75) is 71.2 Å². The molecule has 17 heteroatoms. The van der Waals surface area contributed by atoms with Crippen LogP contribution in [0, 0.1) is 12.8 Å². The SMILES string of the molecule is Cc1cc(OP(=O)(N[C@@H](C)C(=O)OCc2ccccc2)OC[C@@]2(N=[N+]=[N-])O[C@@H](n3ccc(=O)[nH]c3=O)[C@@H](C)[C@@H]2O)c(C(C)C)cc1Cl. The Hall–Kier alpha value is -3.94. The summed E-state index contributed by atoms with van der Waals surface area (Å²) >= 11 is 6.36. The van der Waals surface area contributed by atoms with Crippen LogP contribution < -0.4 is 20.9 Å².